The normalized spacial score (nSPS) is 9.71. The van der Waals surface area contributed by atoms with Crippen molar-refractivity contribution in [3.8, 4) is 0 Å². The molecule has 3 heteroatoms. The molecule has 0 aliphatic heterocycles. The molecular formula is C11H15N3. The van der Waals surface area contributed by atoms with Crippen LogP contribution in [-0.2, 0) is 19.4 Å². The molecule has 0 aliphatic carbocycles. The predicted octanol–water partition coefficient (Wildman–Crippen LogP) is 1.92. The Hall–Kier alpha value is -1.64. The van der Waals surface area contributed by atoms with Crippen LogP contribution in [0.5, 0.6) is 0 Å². The summed E-state index contributed by atoms with van der Waals surface area (Å²) in [5.74, 6) is 1.86. The number of hydrogen-bond acceptors (Lipinski definition) is 2. The lowest BCUT2D eigenvalue weighted by molar-refractivity contribution is 0.725. The maximum absolute atomic E-state index is 4.09. The van der Waals surface area contributed by atoms with Crippen LogP contribution < -0.4 is 0 Å². The second kappa shape index (κ2) is 5.17. The summed E-state index contributed by atoms with van der Waals surface area (Å²) in [5.41, 5.74) is 0. The number of hydrogen-bond donors (Lipinski definition) is 0. The molecular weight excluding hydrogens is 174 g/mol. The van der Waals surface area contributed by atoms with Crippen molar-refractivity contribution in [2.45, 2.75) is 19.4 Å². The van der Waals surface area contributed by atoms with Crippen LogP contribution in [0.2, 0.25) is 0 Å². The van der Waals surface area contributed by atoms with Crippen LogP contribution in [0.4, 0.5) is 0 Å². The third-order valence-corrected chi connectivity index (χ3v) is 1.87. The maximum Gasteiger partial charge on any atom is 0.137 e. The van der Waals surface area contributed by atoms with E-state index in [-0.39, 0.29) is 0 Å². The van der Waals surface area contributed by atoms with Crippen LogP contribution in [0.25, 0.3) is 0 Å². The molecule has 0 amide bonds. The highest BCUT2D eigenvalue weighted by Crippen LogP contribution is 2.05. The fraction of sp³-hybridized carbons (Fsp3) is 0.273. The number of nitrogens with zero attached hydrogens (tertiary/aromatic N) is 3. The molecule has 1 rings (SSSR count). The Morgan fingerprint density at radius 2 is 1.43 bits per heavy atom. The molecule has 0 aliphatic rings. The summed E-state index contributed by atoms with van der Waals surface area (Å²) in [5, 5.41) is 8.18. The minimum absolute atomic E-state index is 0.734. The summed E-state index contributed by atoms with van der Waals surface area (Å²) in [4.78, 5) is 0. The lowest BCUT2D eigenvalue weighted by Gasteiger charge is -2.04. The average molecular weight is 189 g/mol. The first-order chi connectivity index (χ1) is 6.83. The zero-order valence-corrected chi connectivity index (χ0v) is 8.32. The Morgan fingerprint density at radius 1 is 0.929 bits per heavy atom. The molecule has 14 heavy (non-hydrogen) atoms. The van der Waals surface area contributed by atoms with Crippen molar-refractivity contribution in [2.75, 3.05) is 0 Å². The summed E-state index contributed by atoms with van der Waals surface area (Å²) >= 11 is 0. The average Bonchev–Trinajstić information content (AvgIpc) is 2.52. The van der Waals surface area contributed by atoms with E-state index in [0.717, 1.165) is 31.0 Å². The first-order valence-electron chi connectivity index (χ1n) is 4.57. The van der Waals surface area contributed by atoms with Gasteiger partial charge >= 0.3 is 0 Å². The van der Waals surface area contributed by atoms with E-state index in [1.807, 2.05) is 22.8 Å². The Bertz CT molecular complexity index is 309. The second-order valence-electron chi connectivity index (χ2n) is 2.92. The summed E-state index contributed by atoms with van der Waals surface area (Å²) in [6, 6.07) is 0. The largest absolute Gasteiger partial charge is 0.311 e. The topological polar surface area (TPSA) is 30.7 Å². The van der Waals surface area contributed by atoms with Gasteiger partial charge in [0, 0.05) is 19.4 Å². The van der Waals surface area contributed by atoms with Crippen molar-refractivity contribution in [2.24, 2.45) is 0 Å². The van der Waals surface area contributed by atoms with Gasteiger partial charge in [0.05, 0.1) is 0 Å². The van der Waals surface area contributed by atoms with Gasteiger partial charge in [-0.25, -0.2) is 0 Å². The van der Waals surface area contributed by atoms with Gasteiger partial charge in [0.1, 0.15) is 11.6 Å². The molecule has 0 aromatic carbocycles. The molecule has 0 saturated heterocycles. The van der Waals surface area contributed by atoms with Crippen LogP contribution in [0.3, 0.4) is 0 Å². The highest BCUT2D eigenvalue weighted by atomic mass is 15.3. The molecule has 1 heterocycles. The van der Waals surface area contributed by atoms with Crippen LogP contribution in [0.15, 0.2) is 38.0 Å². The van der Waals surface area contributed by atoms with Crippen molar-refractivity contribution in [1.29, 1.82) is 0 Å². The highest BCUT2D eigenvalue weighted by molar-refractivity contribution is 5.04. The highest BCUT2D eigenvalue weighted by Gasteiger charge is 2.07. The van der Waals surface area contributed by atoms with Crippen LogP contribution in [-0.4, -0.2) is 14.8 Å². The minimum atomic E-state index is 0.734. The van der Waals surface area contributed by atoms with Gasteiger partial charge in [0.25, 0.3) is 0 Å². The Kier molecular flexibility index (Phi) is 3.85. The number of aromatic nitrogens is 3. The third-order valence-electron chi connectivity index (χ3n) is 1.87. The van der Waals surface area contributed by atoms with Gasteiger partial charge in [-0.15, -0.1) is 29.9 Å². The molecule has 1 aromatic heterocycles. The molecule has 0 radical (unpaired) electrons. The zero-order chi connectivity index (χ0) is 10.4. The van der Waals surface area contributed by atoms with Crippen molar-refractivity contribution >= 4 is 0 Å². The zero-order valence-electron chi connectivity index (χ0n) is 8.32. The van der Waals surface area contributed by atoms with Crippen molar-refractivity contribution in [3.05, 3.63) is 49.6 Å². The lowest BCUT2D eigenvalue weighted by atomic mass is 10.3. The van der Waals surface area contributed by atoms with E-state index in [0.29, 0.717) is 0 Å². The van der Waals surface area contributed by atoms with E-state index in [9.17, 15) is 0 Å². The van der Waals surface area contributed by atoms with Gasteiger partial charge in [0.15, 0.2) is 0 Å². The van der Waals surface area contributed by atoms with E-state index < -0.39 is 0 Å². The van der Waals surface area contributed by atoms with Crippen molar-refractivity contribution in [3.63, 3.8) is 0 Å². The lowest BCUT2D eigenvalue weighted by Crippen LogP contribution is -2.05. The first kappa shape index (κ1) is 10.4. The van der Waals surface area contributed by atoms with Gasteiger partial charge in [0.2, 0.25) is 0 Å². The van der Waals surface area contributed by atoms with E-state index >= 15 is 0 Å². The minimum Gasteiger partial charge on any atom is -0.311 e. The van der Waals surface area contributed by atoms with Crippen LogP contribution >= 0.6 is 0 Å². The quantitative estimate of drug-likeness (QED) is 0.640. The van der Waals surface area contributed by atoms with E-state index in [2.05, 4.69) is 29.9 Å². The number of allylic oxidation sites excluding steroid dienone is 3. The monoisotopic (exact) mass is 189 g/mol. The summed E-state index contributed by atoms with van der Waals surface area (Å²) < 4.78 is 2.04. The van der Waals surface area contributed by atoms with Crippen molar-refractivity contribution in [1.82, 2.24) is 14.8 Å². The van der Waals surface area contributed by atoms with Crippen LogP contribution in [0, 0.1) is 0 Å². The Balaban J connectivity index is 2.98. The third kappa shape index (κ3) is 2.19. The fourth-order valence-corrected chi connectivity index (χ4v) is 1.27. The predicted molar refractivity (Wildman–Crippen MR) is 58.0 cm³/mol. The molecule has 0 N–H and O–H groups in total. The van der Waals surface area contributed by atoms with Gasteiger partial charge < -0.3 is 4.57 Å². The molecule has 1 aromatic rings. The second-order valence-corrected chi connectivity index (χ2v) is 2.92. The van der Waals surface area contributed by atoms with E-state index in [4.69, 9.17) is 0 Å². The molecule has 0 saturated carbocycles. The molecule has 0 spiro atoms. The molecule has 74 valence electrons. The SMILES string of the molecule is C=CCc1nnc(CC=C)n1CC=C. The van der Waals surface area contributed by atoms with Gasteiger partial charge in [-0.2, -0.15) is 0 Å². The van der Waals surface area contributed by atoms with Crippen LogP contribution in [0.1, 0.15) is 11.6 Å². The maximum atomic E-state index is 4.09. The van der Waals surface area contributed by atoms with Crippen molar-refractivity contribution < 1.29 is 0 Å². The van der Waals surface area contributed by atoms with Gasteiger partial charge in [-0.1, -0.05) is 18.2 Å². The standard InChI is InChI=1S/C11H15N3/c1-4-7-10-12-13-11(8-5-2)14(10)9-6-3/h4-6H,1-3,7-9H2. The Labute approximate surface area is 84.5 Å². The fourth-order valence-electron chi connectivity index (χ4n) is 1.27. The first-order valence-corrected chi connectivity index (χ1v) is 4.57. The molecule has 0 bridgehead atoms. The van der Waals surface area contributed by atoms with E-state index in [1.54, 1.807) is 0 Å². The molecule has 3 nitrogen and oxygen atoms in total. The molecule has 0 fully saturated rings. The van der Waals surface area contributed by atoms with Gasteiger partial charge in [-0.3, -0.25) is 0 Å². The van der Waals surface area contributed by atoms with E-state index in [1.165, 1.54) is 0 Å². The molecule has 0 atom stereocenters. The van der Waals surface area contributed by atoms with Gasteiger partial charge in [-0.05, 0) is 0 Å². The molecule has 0 unspecified atom stereocenters. The number of rotatable bonds is 6. The smallest absolute Gasteiger partial charge is 0.137 e. The Morgan fingerprint density at radius 3 is 1.79 bits per heavy atom. The summed E-state index contributed by atoms with van der Waals surface area (Å²) in [6.45, 7) is 11.8. The summed E-state index contributed by atoms with van der Waals surface area (Å²) in [7, 11) is 0. The summed E-state index contributed by atoms with van der Waals surface area (Å²) in [6.07, 6.45) is 6.95.